The standard InChI is InChI=1S/C64H123NO5/c1-3-5-7-9-11-13-15-17-29-32-36-40-44-48-52-56-62(67)61(60-66)65-63(68)57-53-49-45-41-37-33-30-27-25-23-21-19-20-22-24-26-28-31-35-39-43-47-51-55-59-70-64(69)58-54-50-46-42-38-34-18-16-14-12-10-8-6-4-2/h16,18,21,23,61-62,66-67H,3-15,17,19-20,22,24-60H2,1-2H3,(H,65,68)/b18-16-,23-21-. The third-order valence-corrected chi connectivity index (χ3v) is 14.7. The molecule has 0 aromatic carbocycles. The number of carbonyl (C=O) groups excluding carboxylic acids is 2. The van der Waals surface area contributed by atoms with E-state index in [1.165, 1.54) is 270 Å². The number of carbonyl (C=O) groups is 2. The number of hydrogen-bond acceptors (Lipinski definition) is 5. The Bertz CT molecular complexity index is 1090. The van der Waals surface area contributed by atoms with Crippen LogP contribution in [-0.4, -0.2) is 47.4 Å². The van der Waals surface area contributed by atoms with Crippen LogP contribution in [0.3, 0.4) is 0 Å². The van der Waals surface area contributed by atoms with Gasteiger partial charge in [0, 0.05) is 12.8 Å². The zero-order valence-corrected chi connectivity index (χ0v) is 47.3. The number of unbranched alkanes of at least 4 members (excludes halogenated alkanes) is 44. The lowest BCUT2D eigenvalue weighted by molar-refractivity contribution is -0.143. The van der Waals surface area contributed by atoms with Crippen molar-refractivity contribution in [3.8, 4) is 0 Å². The molecule has 6 nitrogen and oxygen atoms in total. The fourth-order valence-electron chi connectivity index (χ4n) is 9.87. The van der Waals surface area contributed by atoms with Crippen LogP contribution in [0.25, 0.3) is 0 Å². The number of aliphatic hydroxyl groups excluding tert-OH is 2. The van der Waals surface area contributed by atoms with Crippen molar-refractivity contribution in [1.82, 2.24) is 5.32 Å². The third kappa shape index (κ3) is 55.7. The quantitative estimate of drug-likeness (QED) is 0.0321. The first-order chi connectivity index (χ1) is 34.5. The van der Waals surface area contributed by atoms with Crippen molar-refractivity contribution >= 4 is 11.9 Å². The molecule has 2 atom stereocenters. The zero-order chi connectivity index (χ0) is 50.7. The summed E-state index contributed by atoms with van der Waals surface area (Å²) in [6.07, 6.45) is 73.3. The zero-order valence-electron chi connectivity index (χ0n) is 47.3. The Kier molecular flexibility index (Phi) is 58.5. The molecule has 0 bridgehead atoms. The summed E-state index contributed by atoms with van der Waals surface area (Å²) in [4.78, 5) is 24.5. The van der Waals surface area contributed by atoms with Crippen LogP contribution in [0.1, 0.15) is 348 Å². The summed E-state index contributed by atoms with van der Waals surface area (Å²) in [6.45, 7) is 4.96. The van der Waals surface area contributed by atoms with E-state index in [1.54, 1.807) is 0 Å². The summed E-state index contributed by atoms with van der Waals surface area (Å²) in [6, 6.07) is -0.544. The number of amides is 1. The van der Waals surface area contributed by atoms with Crippen LogP contribution in [0.15, 0.2) is 24.3 Å². The molecule has 0 aliphatic heterocycles. The molecule has 3 N–H and O–H groups in total. The molecular formula is C64H123NO5. The van der Waals surface area contributed by atoms with E-state index in [4.69, 9.17) is 4.74 Å². The van der Waals surface area contributed by atoms with E-state index in [-0.39, 0.29) is 18.5 Å². The first-order valence-electron chi connectivity index (χ1n) is 31.6. The van der Waals surface area contributed by atoms with Crippen molar-refractivity contribution in [2.24, 2.45) is 0 Å². The largest absolute Gasteiger partial charge is 0.466 e. The van der Waals surface area contributed by atoms with E-state index in [0.29, 0.717) is 25.9 Å². The first kappa shape index (κ1) is 68.3. The normalized spacial score (nSPS) is 12.7. The van der Waals surface area contributed by atoms with Gasteiger partial charge in [0.1, 0.15) is 0 Å². The van der Waals surface area contributed by atoms with Crippen LogP contribution >= 0.6 is 0 Å². The second kappa shape index (κ2) is 59.9. The Morgan fingerprint density at radius 2 is 0.671 bits per heavy atom. The number of ether oxygens (including phenoxy) is 1. The van der Waals surface area contributed by atoms with Gasteiger partial charge in [-0.3, -0.25) is 9.59 Å². The Morgan fingerprint density at radius 3 is 1.01 bits per heavy atom. The van der Waals surface area contributed by atoms with E-state index in [0.717, 1.165) is 44.9 Å². The van der Waals surface area contributed by atoms with Crippen molar-refractivity contribution in [3.63, 3.8) is 0 Å². The summed E-state index contributed by atoms with van der Waals surface area (Å²) in [5.74, 6) is -0.0333. The van der Waals surface area contributed by atoms with Crippen molar-refractivity contribution in [2.45, 2.75) is 360 Å². The van der Waals surface area contributed by atoms with E-state index in [9.17, 15) is 19.8 Å². The molecule has 0 aliphatic rings. The second-order valence-electron chi connectivity index (χ2n) is 21.7. The highest BCUT2D eigenvalue weighted by Crippen LogP contribution is 2.18. The van der Waals surface area contributed by atoms with Crippen molar-refractivity contribution < 1.29 is 24.5 Å². The average Bonchev–Trinajstić information content (AvgIpc) is 3.36. The Labute approximate surface area is 437 Å². The second-order valence-corrected chi connectivity index (χ2v) is 21.7. The van der Waals surface area contributed by atoms with Gasteiger partial charge in [-0.1, -0.05) is 282 Å². The predicted octanol–water partition coefficient (Wildman–Crippen LogP) is 19.8. The van der Waals surface area contributed by atoms with Crippen molar-refractivity contribution in [1.29, 1.82) is 0 Å². The van der Waals surface area contributed by atoms with Crippen molar-refractivity contribution in [2.75, 3.05) is 13.2 Å². The van der Waals surface area contributed by atoms with Gasteiger partial charge in [0.2, 0.25) is 5.91 Å². The van der Waals surface area contributed by atoms with Crippen LogP contribution in [0.5, 0.6) is 0 Å². The van der Waals surface area contributed by atoms with Crippen LogP contribution in [0.4, 0.5) is 0 Å². The van der Waals surface area contributed by atoms with E-state index in [1.807, 2.05) is 0 Å². The van der Waals surface area contributed by atoms with Gasteiger partial charge < -0.3 is 20.3 Å². The number of esters is 1. The third-order valence-electron chi connectivity index (χ3n) is 14.7. The molecule has 0 saturated carbocycles. The summed E-state index contributed by atoms with van der Waals surface area (Å²) >= 11 is 0. The molecule has 6 heteroatoms. The molecule has 0 aromatic rings. The molecule has 1 amide bonds. The van der Waals surface area contributed by atoms with Gasteiger partial charge in [-0.2, -0.15) is 0 Å². The molecule has 0 rings (SSSR count). The van der Waals surface area contributed by atoms with Gasteiger partial charge in [0.15, 0.2) is 0 Å². The van der Waals surface area contributed by atoms with Crippen LogP contribution in [0, 0.1) is 0 Å². The molecular weight excluding hydrogens is 863 g/mol. The molecule has 0 heterocycles. The minimum absolute atomic E-state index is 0.00434. The fraction of sp³-hybridized carbons (Fsp3) is 0.906. The summed E-state index contributed by atoms with van der Waals surface area (Å²) in [5, 5.41) is 23.3. The lowest BCUT2D eigenvalue weighted by atomic mass is 10.0. The molecule has 0 fully saturated rings. The van der Waals surface area contributed by atoms with Gasteiger partial charge in [-0.25, -0.2) is 0 Å². The molecule has 0 saturated heterocycles. The number of hydrogen-bond donors (Lipinski definition) is 3. The molecule has 414 valence electrons. The number of aliphatic hydroxyl groups is 2. The molecule has 0 aromatic heterocycles. The smallest absolute Gasteiger partial charge is 0.305 e. The topological polar surface area (TPSA) is 95.9 Å². The highest BCUT2D eigenvalue weighted by molar-refractivity contribution is 5.76. The minimum Gasteiger partial charge on any atom is -0.466 e. The average molecular weight is 987 g/mol. The number of allylic oxidation sites excluding steroid dienone is 4. The highest BCUT2D eigenvalue weighted by atomic mass is 16.5. The van der Waals surface area contributed by atoms with Gasteiger partial charge >= 0.3 is 5.97 Å². The summed E-state index contributed by atoms with van der Waals surface area (Å²) in [7, 11) is 0. The van der Waals surface area contributed by atoms with E-state index in [2.05, 4.69) is 43.5 Å². The predicted molar refractivity (Wildman–Crippen MR) is 306 cm³/mol. The lowest BCUT2D eigenvalue weighted by Crippen LogP contribution is -2.45. The molecule has 2 unspecified atom stereocenters. The fourth-order valence-corrected chi connectivity index (χ4v) is 9.87. The summed E-state index contributed by atoms with van der Waals surface area (Å²) in [5.41, 5.74) is 0. The Hall–Kier alpha value is -1.66. The van der Waals surface area contributed by atoms with Crippen molar-refractivity contribution in [3.05, 3.63) is 24.3 Å². The van der Waals surface area contributed by atoms with Gasteiger partial charge in [0.05, 0.1) is 25.4 Å². The van der Waals surface area contributed by atoms with E-state index >= 15 is 0 Å². The maximum atomic E-state index is 12.5. The van der Waals surface area contributed by atoms with Crippen LogP contribution in [0.2, 0.25) is 0 Å². The van der Waals surface area contributed by atoms with Gasteiger partial charge in [-0.15, -0.1) is 0 Å². The van der Waals surface area contributed by atoms with Gasteiger partial charge in [-0.05, 0) is 77.0 Å². The lowest BCUT2D eigenvalue weighted by Gasteiger charge is -2.22. The van der Waals surface area contributed by atoms with Gasteiger partial charge in [0.25, 0.3) is 0 Å². The molecule has 70 heavy (non-hydrogen) atoms. The minimum atomic E-state index is -0.667. The number of rotatable bonds is 59. The van der Waals surface area contributed by atoms with Crippen LogP contribution < -0.4 is 5.32 Å². The molecule has 0 aliphatic carbocycles. The van der Waals surface area contributed by atoms with Crippen LogP contribution in [-0.2, 0) is 14.3 Å². The molecule has 0 radical (unpaired) electrons. The molecule has 0 spiro atoms. The number of nitrogens with one attached hydrogen (secondary N) is 1. The summed E-state index contributed by atoms with van der Waals surface area (Å²) < 4.78 is 5.48. The Balaban J connectivity index is 3.40. The Morgan fingerprint density at radius 1 is 0.386 bits per heavy atom. The SMILES string of the molecule is CCCCCCC/C=C\CCCCCCCC(=O)OCCCCCCCCCCCCCC/C=C\CCCCCCCCCCC(=O)NC(CO)C(O)CCCCCCCCCCCCCCCCC. The first-order valence-corrected chi connectivity index (χ1v) is 31.6. The maximum Gasteiger partial charge on any atom is 0.305 e. The maximum absolute atomic E-state index is 12.5. The monoisotopic (exact) mass is 986 g/mol. The highest BCUT2D eigenvalue weighted by Gasteiger charge is 2.20. The van der Waals surface area contributed by atoms with E-state index < -0.39 is 12.1 Å².